The zero-order valence-corrected chi connectivity index (χ0v) is 11.3. The number of ether oxygens (including phenoxy) is 1. The minimum atomic E-state index is -0.747. The summed E-state index contributed by atoms with van der Waals surface area (Å²) in [6.45, 7) is 2.34. The van der Waals surface area contributed by atoms with E-state index < -0.39 is 11.6 Å². The molecule has 2 aromatic rings. The summed E-state index contributed by atoms with van der Waals surface area (Å²) < 4.78 is 31.3. The van der Waals surface area contributed by atoms with Gasteiger partial charge in [-0.3, -0.25) is 5.43 Å². The Morgan fingerprint density at radius 2 is 2.05 bits per heavy atom. The normalized spacial score (nSPS) is 10.8. The van der Waals surface area contributed by atoms with E-state index in [4.69, 9.17) is 4.74 Å². The van der Waals surface area contributed by atoms with E-state index in [1.165, 1.54) is 18.3 Å². The molecule has 6 heteroatoms. The molecule has 0 unspecified atom stereocenters. The topological polar surface area (TPSA) is 53.8 Å². The average Bonchev–Trinajstić information content (AvgIpc) is 2.44. The molecule has 0 aliphatic heterocycles. The Bertz CT molecular complexity index is 660. The number of phenols is 1. The molecular formula is C15H14F2N2O2. The highest BCUT2D eigenvalue weighted by Gasteiger charge is 2.03. The first-order valence-electron chi connectivity index (χ1n) is 6.30. The van der Waals surface area contributed by atoms with Crippen LogP contribution < -0.4 is 10.2 Å². The molecule has 0 fully saturated rings. The van der Waals surface area contributed by atoms with Crippen LogP contribution >= 0.6 is 0 Å². The third-order valence-corrected chi connectivity index (χ3v) is 2.63. The minimum Gasteiger partial charge on any atom is -0.507 e. The molecule has 2 aromatic carbocycles. The van der Waals surface area contributed by atoms with Crippen LogP contribution in [0, 0.1) is 11.6 Å². The predicted octanol–water partition coefficient (Wildman–Crippen LogP) is 3.52. The molecule has 0 aromatic heterocycles. The SMILES string of the molecule is CCOc1ccc(/C=N\Nc2ccc(F)cc2F)c(O)c1. The van der Waals surface area contributed by atoms with Gasteiger partial charge in [0, 0.05) is 17.7 Å². The molecule has 110 valence electrons. The first-order chi connectivity index (χ1) is 10.1. The number of phenolic OH excluding ortho intramolecular Hbond substituents is 1. The number of benzene rings is 2. The summed E-state index contributed by atoms with van der Waals surface area (Å²) in [5.41, 5.74) is 2.92. The molecule has 0 heterocycles. The second-order valence-corrected chi connectivity index (χ2v) is 4.15. The highest BCUT2D eigenvalue weighted by Crippen LogP contribution is 2.22. The third-order valence-electron chi connectivity index (χ3n) is 2.63. The van der Waals surface area contributed by atoms with E-state index in [1.807, 2.05) is 6.92 Å². The first kappa shape index (κ1) is 14.8. The Hall–Kier alpha value is -2.63. The van der Waals surface area contributed by atoms with E-state index in [2.05, 4.69) is 10.5 Å². The van der Waals surface area contributed by atoms with Crippen molar-refractivity contribution < 1.29 is 18.6 Å². The Balaban J connectivity index is 2.07. The lowest BCUT2D eigenvalue weighted by Crippen LogP contribution is -1.95. The van der Waals surface area contributed by atoms with E-state index in [0.29, 0.717) is 17.9 Å². The lowest BCUT2D eigenvalue weighted by molar-refractivity contribution is 0.337. The van der Waals surface area contributed by atoms with Gasteiger partial charge in [0.15, 0.2) is 5.82 Å². The number of hydrogen-bond donors (Lipinski definition) is 2. The molecule has 0 saturated heterocycles. The maximum atomic E-state index is 13.4. The molecule has 4 nitrogen and oxygen atoms in total. The van der Waals surface area contributed by atoms with Crippen molar-refractivity contribution in [2.75, 3.05) is 12.0 Å². The van der Waals surface area contributed by atoms with E-state index in [1.54, 1.807) is 12.1 Å². The molecule has 0 radical (unpaired) electrons. The van der Waals surface area contributed by atoms with Crippen LogP contribution in [-0.2, 0) is 0 Å². The van der Waals surface area contributed by atoms with E-state index in [0.717, 1.165) is 12.1 Å². The summed E-state index contributed by atoms with van der Waals surface area (Å²) in [5, 5.41) is 13.6. The summed E-state index contributed by atoms with van der Waals surface area (Å²) in [7, 11) is 0. The third kappa shape index (κ3) is 3.92. The van der Waals surface area contributed by atoms with Crippen molar-refractivity contribution in [2.24, 2.45) is 5.10 Å². The van der Waals surface area contributed by atoms with Gasteiger partial charge in [-0.05, 0) is 31.2 Å². The fourth-order valence-corrected chi connectivity index (χ4v) is 1.64. The summed E-state index contributed by atoms with van der Waals surface area (Å²) in [6, 6.07) is 7.88. The van der Waals surface area contributed by atoms with Crippen LogP contribution in [0.4, 0.5) is 14.5 Å². The average molecular weight is 292 g/mol. The van der Waals surface area contributed by atoms with Gasteiger partial charge in [-0.2, -0.15) is 5.10 Å². The van der Waals surface area contributed by atoms with Gasteiger partial charge in [-0.1, -0.05) is 0 Å². The van der Waals surface area contributed by atoms with Gasteiger partial charge in [-0.15, -0.1) is 0 Å². The second-order valence-electron chi connectivity index (χ2n) is 4.15. The maximum Gasteiger partial charge on any atom is 0.151 e. The van der Waals surface area contributed by atoms with Crippen LogP contribution in [0.15, 0.2) is 41.5 Å². The van der Waals surface area contributed by atoms with Gasteiger partial charge in [0.25, 0.3) is 0 Å². The highest BCUT2D eigenvalue weighted by atomic mass is 19.1. The Morgan fingerprint density at radius 3 is 2.71 bits per heavy atom. The molecule has 0 bridgehead atoms. The number of aromatic hydroxyl groups is 1. The number of anilines is 1. The van der Waals surface area contributed by atoms with Crippen molar-refractivity contribution in [1.29, 1.82) is 0 Å². The van der Waals surface area contributed by atoms with E-state index in [-0.39, 0.29) is 11.4 Å². The van der Waals surface area contributed by atoms with Crippen molar-refractivity contribution in [3.8, 4) is 11.5 Å². The molecule has 0 spiro atoms. The van der Waals surface area contributed by atoms with Crippen molar-refractivity contribution in [2.45, 2.75) is 6.92 Å². The monoisotopic (exact) mass is 292 g/mol. The van der Waals surface area contributed by atoms with Gasteiger partial charge in [0.05, 0.1) is 18.5 Å². The van der Waals surface area contributed by atoms with Crippen molar-refractivity contribution in [3.05, 3.63) is 53.6 Å². The Labute approximate surface area is 120 Å². The van der Waals surface area contributed by atoms with Crippen LogP contribution in [0.3, 0.4) is 0 Å². The largest absolute Gasteiger partial charge is 0.507 e. The summed E-state index contributed by atoms with van der Waals surface area (Å²) >= 11 is 0. The van der Waals surface area contributed by atoms with Gasteiger partial charge < -0.3 is 9.84 Å². The zero-order valence-electron chi connectivity index (χ0n) is 11.3. The van der Waals surface area contributed by atoms with Crippen molar-refractivity contribution in [3.63, 3.8) is 0 Å². The molecule has 2 rings (SSSR count). The summed E-state index contributed by atoms with van der Waals surface area (Å²) in [4.78, 5) is 0. The number of hydrazone groups is 1. The predicted molar refractivity (Wildman–Crippen MR) is 76.9 cm³/mol. The molecule has 2 N–H and O–H groups in total. The number of nitrogens with one attached hydrogen (secondary N) is 1. The Morgan fingerprint density at radius 1 is 1.24 bits per heavy atom. The Kier molecular flexibility index (Phi) is 4.71. The van der Waals surface area contributed by atoms with Crippen LogP contribution in [0.25, 0.3) is 0 Å². The zero-order chi connectivity index (χ0) is 15.2. The number of halogens is 2. The number of rotatable bonds is 5. The molecule has 0 aliphatic rings. The quantitative estimate of drug-likeness (QED) is 0.655. The van der Waals surface area contributed by atoms with E-state index in [9.17, 15) is 13.9 Å². The van der Waals surface area contributed by atoms with Crippen LogP contribution in [0.1, 0.15) is 12.5 Å². The van der Waals surface area contributed by atoms with Gasteiger partial charge in [0.2, 0.25) is 0 Å². The lowest BCUT2D eigenvalue weighted by Gasteiger charge is -2.05. The number of nitrogens with zero attached hydrogens (tertiary/aromatic N) is 1. The fourth-order valence-electron chi connectivity index (χ4n) is 1.64. The van der Waals surface area contributed by atoms with Crippen molar-refractivity contribution in [1.82, 2.24) is 0 Å². The smallest absolute Gasteiger partial charge is 0.151 e. The first-order valence-corrected chi connectivity index (χ1v) is 6.30. The highest BCUT2D eigenvalue weighted by molar-refractivity contribution is 5.84. The molecule has 0 amide bonds. The van der Waals surface area contributed by atoms with Gasteiger partial charge in [-0.25, -0.2) is 8.78 Å². The molecule has 21 heavy (non-hydrogen) atoms. The van der Waals surface area contributed by atoms with Crippen LogP contribution in [0.2, 0.25) is 0 Å². The van der Waals surface area contributed by atoms with Crippen molar-refractivity contribution >= 4 is 11.9 Å². The number of hydrogen-bond acceptors (Lipinski definition) is 4. The molecule has 0 atom stereocenters. The summed E-state index contributed by atoms with van der Waals surface area (Å²) in [5.74, 6) is -0.870. The second kappa shape index (κ2) is 6.69. The van der Waals surface area contributed by atoms with Crippen LogP contribution in [0.5, 0.6) is 11.5 Å². The van der Waals surface area contributed by atoms with Crippen LogP contribution in [-0.4, -0.2) is 17.9 Å². The fraction of sp³-hybridized carbons (Fsp3) is 0.133. The minimum absolute atomic E-state index is 0.00826. The van der Waals surface area contributed by atoms with Gasteiger partial charge >= 0.3 is 0 Å². The standard InChI is InChI=1S/C15H14F2N2O2/c1-2-21-12-5-3-10(15(20)8-12)9-18-19-14-6-4-11(16)7-13(14)17/h3-9,19-20H,2H2,1H3/b18-9-. The lowest BCUT2D eigenvalue weighted by atomic mass is 10.2. The van der Waals surface area contributed by atoms with E-state index >= 15 is 0 Å². The maximum absolute atomic E-state index is 13.4. The molecular weight excluding hydrogens is 278 g/mol. The molecule has 0 saturated carbocycles. The van der Waals surface area contributed by atoms with Gasteiger partial charge in [0.1, 0.15) is 17.3 Å². The summed E-state index contributed by atoms with van der Waals surface area (Å²) in [6.07, 6.45) is 1.33. The molecule has 0 aliphatic carbocycles.